The Balaban J connectivity index is 1.88. The van der Waals surface area contributed by atoms with E-state index in [2.05, 4.69) is 10.5 Å². The molecule has 1 N–H and O–H groups in total. The van der Waals surface area contributed by atoms with Gasteiger partial charge < -0.3 is 0 Å². The minimum atomic E-state index is -0.455. The first kappa shape index (κ1) is 18.7. The molecule has 7 heteroatoms. The molecule has 2 aromatic rings. The highest BCUT2D eigenvalue weighted by atomic mass is 32.2. The monoisotopic (exact) mass is 357 g/mol. The smallest absolute Gasteiger partial charge is 0.269 e. The second-order valence-electron chi connectivity index (χ2n) is 5.42. The fourth-order valence-electron chi connectivity index (χ4n) is 1.99. The topological polar surface area (TPSA) is 84.6 Å². The fraction of sp³-hybridized carbons (Fsp3) is 0.222. The van der Waals surface area contributed by atoms with Gasteiger partial charge in [-0.15, -0.1) is 11.8 Å². The summed E-state index contributed by atoms with van der Waals surface area (Å²) in [5.74, 6) is 0.572. The number of nitrogens with zero attached hydrogens (tertiary/aromatic N) is 2. The molecule has 2 rings (SSSR count). The number of carbonyl (C=O) groups excluding carboxylic acids is 1. The number of thioether (sulfide) groups is 1. The average Bonchev–Trinajstić information content (AvgIpc) is 2.64. The molecule has 0 aliphatic carbocycles. The first-order valence-corrected chi connectivity index (χ1v) is 8.76. The molecule has 0 radical (unpaired) electrons. The van der Waals surface area contributed by atoms with Crippen molar-refractivity contribution in [1.82, 2.24) is 5.43 Å². The normalized spacial score (nSPS) is 12.5. The number of rotatable bonds is 7. The van der Waals surface area contributed by atoms with E-state index in [-0.39, 0.29) is 16.8 Å². The van der Waals surface area contributed by atoms with Gasteiger partial charge in [-0.2, -0.15) is 5.10 Å². The van der Waals surface area contributed by atoms with Crippen molar-refractivity contribution in [1.29, 1.82) is 0 Å². The lowest BCUT2D eigenvalue weighted by Crippen LogP contribution is -2.27. The van der Waals surface area contributed by atoms with Crippen LogP contribution in [0.2, 0.25) is 0 Å². The number of hydrogen-bond acceptors (Lipinski definition) is 5. The predicted octanol–water partition coefficient (Wildman–Crippen LogP) is 3.76. The van der Waals surface area contributed by atoms with Gasteiger partial charge in [0.25, 0.3) is 11.6 Å². The molecule has 0 spiro atoms. The van der Waals surface area contributed by atoms with Crippen LogP contribution in [-0.2, 0) is 10.5 Å². The lowest BCUT2D eigenvalue weighted by atomic mass is 10.1. The van der Waals surface area contributed by atoms with E-state index in [0.29, 0.717) is 5.71 Å². The second-order valence-corrected chi connectivity index (χ2v) is 6.75. The third-order valence-electron chi connectivity index (χ3n) is 3.54. The molecule has 25 heavy (non-hydrogen) atoms. The van der Waals surface area contributed by atoms with Gasteiger partial charge in [-0.1, -0.05) is 30.3 Å². The summed E-state index contributed by atoms with van der Waals surface area (Å²) in [5.41, 5.74) is 5.04. The van der Waals surface area contributed by atoms with E-state index in [1.807, 2.05) is 37.3 Å². The number of carbonyl (C=O) groups is 1. The lowest BCUT2D eigenvalue weighted by molar-refractivity contribution is -0.384. The molecule has 0 aliphatic heterocycles. The first-order valence-electron chi connectivity index (χ1n) is 7.72. The van der Waals surface area contributed by atoms with Gasteiger partial charge in [0.1, 0.15) is 0 Å². The van der Waals surface area contributed by atoms with Crippen molar-refractivity contribution in [3.8, 4) is 0 Å². The minimum absolute atomic E-state index is 0.0199. The Morgan fingerprint density at radius 1 is 1.20 bits per heavy atom. The van der Waals surface area contributed by atoms with E-state index in [9.17, 15) is 14.9 Å². The molecule has 0 saturated heterocycles. The molecule has 1 amide bonds. The molecule has 2 aromatic carbocycles. The summed E-state index contributed by atoms with van der Waals surface area (Å²) in [5, 5.41) is 14.5. The maximum absolute atomic E-state index is 12.1. The number of non-ortho nitro benzene ring substituents is 1. The summed E-state index contributed by atoms with van der Waals surface area (Å²) in [7, 11) is 0. The summed E-state index contributed by atoms with van der Waals surface area (Å²) >= 11 is 1.53. The Morgan fingerprint density at radius 3 is 2.44 bits per heavy atom. The van der Waals surface area contributed by atoms with Gasteiger partial charge >= 0.3 is 0 Å². The Kier molecular flexibility index (Phi) is 6.71. The third kappa shape index (κ3) is 5.72. The Hall–Kier alpha value is -2.67. The number of hydrogen-bond donors (Lipinski definition) is 1. The van der Waals surface area contributed by atoms with Crippen molar-refractivity contribution >= 4 is 29.1 Å². The zero-order valence-corrected chi connectivity index (χ0v) is 14.8. The van der Waals surface area contributed by atoms with E-state index in [1.54, 1.807) is 19.1 Å². The molecule has 0 aromatic heterocycles. The molecule has 0 fully saturated rings. The fourth-order valence-corrected chi connectivity index (χ4v) is 2.83. The van der Waals surface area contributed by atoms with Gasteiger partial charge in [-0.3, -0.25) is 14.9 Å². The SMILES string of the molecule is C/C(=N/NC(=O)[C@H](C)SCc1ccccc1)c1ccc([N+](=O)[O-])cc1. The standard InChI is InChI=1S/C18H19N3O3S/c1-13(16-8-10-17(11-9-16)21(23)24)19-20-18(22)14(2)25-12-15-6-4-3-5-7-15/h3-11,14H,12H2,1-2H3,(H,20,22)/b19-13-/t14-/m0/s1. The number of nitro benzene ring substituents is 1. The average molecular weight is 357 g/mol. The van der Waals surface area contributed by atoms with Gasteiger partial charge in [0.05, 0.1) is 15.9 Å². The number of hydrazone groups is 1. The highest BCUT2D eigenvalue weighted by Crippen LogP contribution is 2.17. The van der Waals surface area contributed by atoms with Gasteiger partial charge in [0, 0.05) is 17.9 Å². The van der Waals surface area contributed by atoms with Crippen LogP contribution < -0.4 is 5.43 Å². The van der Waals surface area contributed by atoms with Crippen molar-refractivity contribution in [3.05, 3.63) is 75.8 Å². The van der Waals surface area contributed by atoms with Crippen LogP contribution in [0.15, 0.2) is 59.7 Å². The van der Waals surface area contributed by atoms with E-state index >= 15 is 0 Å². The van der Waals surface area contributed by atoms with Gasteiger partial charge in [0.2, 0.25) is 0 Å². The number of benzene rings is 2. The zero-order valence-electron chi connectivity index (χ0n) is 14.0. The summed E-state index contributed by atoms with van der Waals surface area (Å²) in [6.07, 6.45) is 0. The molecule has 0 saturated carbocycles. The Morgan fingerprint density at radius 2 is 1.84 bits per heavy atom. The van der Waals surface area contributed by atoms with Crippen LogP contribution >= 0.6 is 11.8 Å². The molecular weight excluding hydrogens is 338 g/mol. The predicted molar refractivity (Wildman–Crippen MR) is 101 cm³/mol. The van der Waals surface area contributed by atoms with Gasteiger partial charge in [-0.05, 0) is 37.1 Å². The molecule has 0 aliphatic rings. The quantitative estimate of drug-likeness (QED) is 0.464. The van der Waals surface area contributed by atoms with Crippen LogP contribution in [0.5, 0.6) is 0 Å². The van der Waals surface area contributed by atoms with Crippen molar-refractivity contribution in [2.24, 2.45) is 5.10 Å². The Bertz CT molecular complexity index is 761. The second kappa shape index (κ2) is 8.98. The maximum atomic E-state index is 12.1. The Labute approximate surface area is 150 Å². The van der Waals surface area contributed by atoms with Crippen molar-refractivity contribution < 1.29 is 9.72 Å². The van der Waals surface area contributed by atoms with Crippen molar-refractivity contribution in [3.63, 3.8) is 0 Å². The van der Waals surface area contributed by atoms with Gasteiger partial charge in [-0.25, -0.2) is 5.43 Å². The van der Waals surface area contributed by atoms with E-state index in [1.165, 1.54) is 23.9 Å². The highest BCUT2D eigenvalue weighted by molar-refractivity contribution is 7.99. The summed E-state index contributed by atoms with van der Waals surface area (Å²) < 4.78 is 0. The van der Waals surface area contributed by atoms with Crippen molar-refractivity contribution in [2.75, 3.05) is 0 Å². The minimum Gasteiger partial charge on any atom is -0.272 e. The molecular formula is C18H19N3O3S. The summed E-state index contributed by atoms with van der Waals surface area (Å²) in [6.45, 7) is 3.57. The summed E-state index contributed by atoms with van der Waals surface area (Å²) in [4.78, 5) is 22.3. The first-order chi connectivity index (χ1) is 12.0. The third-order valence-corrected chi connectivity index (χ3v) is 4.76. The van der Waals surface area contributed by atoms with E-state index < -0.39 is 4.92 Å². The maximum Gasteiger partial charge on any atom is 0.269 e. The highest BCUT2D eigenvalue weighted by Gasteiger charge is 2.13. The number of nitro groups is 1. The van der Waals surface area contributed by atoms with E-state index in [4.69, 9.17) is 0 Å². The molecule has 0 bridgehead atoms. The van der Waals surface area contributed by atoms with Crippen molar-refractivity contribution in [2.45, 2.75) is 24.9 Å². The van der Waals surface area contributed by atoms with Crippen LogP contribution in [0.1, 0.15) is 25.0 Å². The van der Waals surface area contributed by atoms with Gasteiger partial charge in [0.15, 0.2) is 0 Å². The van der Waals surface area contributed by atoms with Crippen LogP contribution in [-0.4, -0.2) is 21.8 Å². The van der Waals surface area contributed by atoms with Crippen LogP contribution in [0.4, 0.5) is 5.69 Å². The zero-order chi connectivity index (χ0) is 18.2. The molecule has 1 atom stereocenters. The van der Waals surface area contributed by atoms with Crippen LogP contribution in [0.3, 0.4) is 0 Å². The lowest BCUT2D eigenvalue weighted by Gasteiger charge is -2.10. The molecule has 0 unspecified atom stereocenters. The van der Waals surface area contributed by atoms with E-state index in [0.717, 1.165) is 16.9 Å². The van der Waals surface area contributed by atoms with Crippen LogP contribution in [0, 0.1) is 10.1 Å². The summed E-state index contributed by atoms with van der Waals surface area (Å²) in [6, 6.07) is 16.0. The largest absolute Gasteiger partial charge is 0.272 e. The van der Waals surface area contributed by atoms with Crippen LogP contribution in [0.25, 0.3) is 0 Å². The number of amides is 1. The molecule has 0 heterocycles. The molecule has 6 nitrogen and oxygen atoms in total. The number of nitrogens with one attached hydrogen (secondary N) is 1. The molecule has 130 valence electrons.